The fourth-order valence-electron chi connectivity index (χ4n) is 3.25. The monoisotopic (exact) mass is 400 g/mol. The summed E-state index contributed by atoms with van der Waals surface area (Å²) in [5.41, 5.74) is -0.743. The lowest BCUT2D eigenvalue weighted by Gasteiger charge is -2.21. The molecule has 3 aromatic rings. The number of carbonyl (C=O) groups excluding carboxylic acids is 1. The van der Waals surface area contributed by atoms with Gasteiger partial charge >= 0.3 is 5.69 Å². The maximum atomic E-state index is 13.6. The number of hydrogen-bond acceptors (Lipinski definition) is 5. The van der Waals surface area contributed by atoms with Gasteiger partial charge in [-0.1, -0.05) is 6.92 Å². The Morgan fingerprint density at radius 1 is 1.34 bits per heavy atom. The van der Waals surface area contributed by atoms with Crippen molar-refractivity contribution in [3.05, 3.63) is 68.9 Å². The zero-order valence-electron chi connectivity index (χ0n) is 16.2. The summed E-state index contributed by atoms with van der Waals surface area (Å²) in [6.07, 6.45) is 1.76. The number of pyridine rings is 1. The minimum atomic E-state index is -1.07. The van der Waals surface area contributed by atoms with Crippen LogP contribution >= 0.6 is 0 Å². The number of aromatic amines is 1. The maximum Gasteiger partial charge on any atom is 0.329 e. The number of fused-ring (bicyclic) bond motifs is 1. The van der Waals surface area contributed by atoms with Crippen LogP contribution in [0, 0.1) is 5.82 Å². The minimum absolute atomic E-state index is 0.00436. The van der Waals surface area contributed by atoms with Crippen molar-refractivity contribution in [1.29, 1.82) is 0 Å². The molecular weight excluding hydrogens is 379 g/mol. The average Bonchev–Trinajstić information content (AvgIpc) is 2.71. The van der Waals surface area contributed by atoms with E-state index in [4.69, 9.17) is 4.74 Å². The third-order valence-electron chi connectivity index (χ3n) is 4.68. The summed E-state index contributed by atoms with van der Waals surface area (Å²) in [6.45, 7) is 3.40. The molecule has 0 bridgehead atoms. The third-order valence-corrected chi connectivity index (χ3v) is 4.68. The van der Waals surface area contributed by atoms with Gasteiger partial charge < -0.3 is 15.0 Å². The number of H-pyrrole nitrogens is 1. The van der Waals surface area contributed by atoms with Gasteiger partial charge in [-0.25, -0.2) is 13.8 Å². The summed E-state index contributed by atoms with van der Waals surface area (Å²) in [5.74, 6) is -0.637. The number of methoxy groups -OCH3 is 1. The lowest BCUT2D eigenvalue weighted by atomic mass is 10.1. The summed E-state index contributed by atoms with van der Waals surface area (Å²) in [5, 5.41) is 2.76. The van der Waals surface area contributed by atoms with Crippen molar-refractivity contribution in [1.82, 2.24) is 19.9 Å². The number of ether oxygens (including phenoxy) is 1. The molecular formula is C20H21FN4O4. The summed E-state index contributed by atoms with van der Waals surface area (Å²) in [4.78, 5) is 45.0. The molecule has 2 aromatic heterocycles. The fraction of sp³-hybridized carbons (Fsp3) is 0.300. The van der Waals surface area contributed by atoms with Crippen LogP contribution in [0.5, 0.6) is 5.75 Å². The molecule has 152 valence electrons. The van der Waals surface area contributed by atoms with Gasteiger partial charge in [-0.05, 0) is 43.7 Å². The van der Waals surface area contributed by atoms with Crippen LogP contribution in [0.4, 0.5) is 4.39 Å². The fourth-order valence-corrected chi connectivity index (χ4v) is 3.25. The van der Waals surface area contributed by atoms with Gasteiger partial charge in [-0.2, -0.15) is 0 Å². The second kappa shape index (κ2) is 8.26. The minimum Gasteiger partial charge on any atom is -0.495 e. The topological polar surface area (TPSA) is 106 Å². The van der Waals surface area contributed by atoms with E-state index in [0.29, 0.717) is 11.4 Å². The van der Waals surface area contributed by atoms with E-state index >= 15 is 0 Å². The van der Waals surface area contributed by atoms with Gasteiger partial charge in [0.05, 0.1) is 24.1 Å². The molecule has 9 heteroatoms. The van der Waals surface area contributed by atoms with Gasteiger partial charge in [0.1, 0.15) is 23.3 Å². The number of nitrogens with zero attached hydrogens (tertiary/aromatic N) is 2. The quantitative estimate of drug-likeness (QED) is 0.659. The average molecular weight is 400 g/mol. The second-order valence-corrected chi connectivity index (χ2v) is 6.54. The first kappa shape index (κ1) is 20.2. The van der Waals surface area contributed by atoms with Crippen LogP contribution in [0.15, 0.2) is 46.1 Å². The van der Waals surface area contributed by atoms with Crippen molar-refractivity contribution < 1.29 is 13.9 Å². The first-order valence-electron chi connectivity index (χ1n) is 9.10. The van der Waals surface area contributed by atoms with E-state index < -0.39 is 35.1 Å². The summed E-state index contributed by atoms with van der Waals surface area (Å²) in [6, 6.07) is 5.32. The molecule has 8 nitrogen and oxygen atoms in total. The van der Waals surface area contributed by atoms with Gasteiger partial charge in [0.2, 0.25) is 5.91 Å². The lowest BCUT2D eigenvalue weighted by Crippen LogP contribution is -2.45. The van der Waals surface area contributed by atoms with Crippen LogP contribution in [0.2, 0.25) is 0 Å². The normalized spacial score (nSPS) is 13.1. The number of nitrogens with one attached hydrogen (secondary N) is 2. The number of hydrogen-bond donors (Lipinski definition) is 2. The molecule has 29 heavy (non-hydrogen) atoms. The van der Waals surface area contributed by atoms with Crippen LogP contribution in [0.1, 0.15) is 38.0 Å². The molecule has 0 aliphatic rings. The largest absolute Gasteiger partial charge is 0.495 e. The SMILES string of the molecule is CC[C@@H](C(=O)N[C@@H](C)c1ncccc1OC)n1c(=O)[nH]c2ccc(F)cc2c1=O. The number of carbonyl (C=O) groups is 1. The Hall–Kier alpha value is -3.49. The van der Waals surface area contributed by atoms with E-state index in [1.165, 1.54) is 13.2 Å². The smallest absolute Gasteiger partial charge is 0.329 e. The zero-order chi connectivity index (χ0) is 21.1. The summed E-state index contributed by atoms with van der Waals surface area (Å²) in [7, 11) is 1.50. The predicted molar refractivity (Wildman–Crippen MR) is 105 cm³/mol. The highest BCUT2D eigenvalue weighted by atomic mass is 19.1. The molecule has 1 amide bonds. The molecule has 0 unspecified atom stereocenters. The highest BCUT2D eigenvalue weighted by molar-refractivity contribution is 5.82. The molecule has 0 aliphatic carbocycles. The van der Waals surface area contributed by atoms with E-state index in [2.05, 4.69) is 15.3 Å². The van der Waals surface area contributed by atoms with Crippen LogP contribution in [0.25, 0.3) is 10.9 Å². The Morgan fingerprint density at radius 2 is 2.10 bits per heavy atom. The molecule has 3 rings (SSSR count). The standard InChI is InChI=1S/C20H21FN4O4/c1-4-15(18(26)23-11(2)17-16(29-3)6-5-9-22-17)25-19(27)13-10-12(21)7-8-14(13)24-20(25)28/h5-11,15H,4H2,1-3H3,(H,23,26)(H,24,28)/t11-,15-/m0/s1. The van der Waals surface area contributed by atoms with Gasteiger partial charge in [0.15, 0.2) is 0 Å². The molecule has 0 fully saturated rings. The molecule has 2 heterocycles. The highest BCUT2D eigenvalue weighted by Crippen LogP contribution is 2.22. The molecule has 2 atom stereocenters. The van der Waals surface area contributed by atoms with Gasteiger partial charge in [-0.3, -0.25) is 14.6 Å². The first-order valence-corrected chi connectivity index (χ1v) is 9.10. The Kier molecular flexibility index (Phi) is 5.76. The molecule has 0 saturated carbocycles. The summed E-state index contributed by atoms with van der Waals surface area (Å²) >= 11 is 0. The maximum absolute atomic E-state index is 13.6. The Balaban J connectivity index is 1.98. The van der Waals surface area contributed by atoms with Crippen molar-refractivity contribution in [2.75, 3.05) is 7.11 Å². The van der Waals surface area contributed by atoms with E-state index in [1.54, 1.807) is 32.2 Å². The molecule has 1 aromatic carbocycles. The molecule has 0 radical (unpaired) electrons. The van der Waals surface area contributed by atoms with Crippen molar-refractivity contribution >= 4 is 16.8 Å². The van der Waals surface area contributed by atoms with E-state index in [0.717, 1.165) is 16.7 Å². The number of aromatic nitrogens is 3. The van der Waals surface area contributed by atoms with Crippen LogP contribution < -0.4 is 21.3 Å². The Labute approximate surface area is 165 Å². The van der Waals surface area contributed by atoms with Crippen molar-refractivity contribution in [3.63, 3.8) is 0 Å². The molecule has 0 saturated heterocycles. The number of rotatable bonds is 6. The van der Waals surface area contributed by atoms with E-state index in [-0.39, 0.29) is 17.3 Å². The first-order chi connectivity index (χ1) is 13.9. The van der Waals surface area contributed by atoms with Gasteiger partial charge in [0.25, 0.3) is 5.56 Å². The molecule has 0 aliphatic heterocycles. The summed E-state index contributed by atoms with van der Waals surface area (Å²) < 4.78 is 19.7. The number of benzene rings is 1. The van der Waals surface area contributed by atoms with Crippen LogP contribution in [-0.4, -0.2) is 27.6 Å². The third kappa shape index (κ3) is 3.89. The van der Waals surface area contributed by atoms with E-state index in [1.807, 2.05) is 0 Å². The van der Waals surface area contributed by atoms with Crippen molar-refractivity contribution in [3.8, 4) is 5.75 Å². The zero-order valence-corrected chi connectivity index (χ0v) is 16.2. The molecule has 2 N–H and O–H groups in total. The van der Waals surface area contributed by atoms with Gasteiger partial charge in [0, 0.05) is 6.20 Å². The van der Waals surface area contributed by atoms with Gasteiger partial charge in [-0.15, -0.1) is 0 Å². The Morgan fingerprint density at radius 3 is 2.79 bits per heavy atom. The molecule has 0 spiro atoms. The predicted octanol–water partition coefficient (Wildman–Crippen LogP) is 2.06. The lowest BCUT2D eigenvalue weighted by molar-refractivity contribution is -0.125. The number of amides is 1. The van der Waals surface area contributed by atoms with Crippen LogP contribution in [-0.2, 0) is 4.79 Å². The highest BCUT2D eigenvalue weighted by Gasteiger charge is 2.26. The van der Waals surface area contributed by atoms with Crippen LogP contribution in [0.3, 0.4) is 0 Å². The van der Waals surface area contributed by atoms with E-state index in [9.17, 15) is 18.8 Å². The Bertz CT molecular complexity index is 1170. The second-order valence-electron chi connectivity index (χ2n) is 6.54. The number of halogens is 1. The van der Waals surface area contributed by atoms with Crippen molar-refractivity contribution in [2.24, 2.45) is 0 Å². The van der Waals surface area contributed by atoms with Crippen molar-refractivity contribution in [2.45, 2.75) is 32.4 Å².